The Hall–Kier alpha value is -1.99. The summed E-state index contributed by atoms with van der Waals surface area (Å²) in [6, 6.07) is 8.22. The molecular formula is C19H24N4O2S. The second-order valence-electron chi connectivity index (χ2n) is 7.00. The highest BCUT2D eigenvalue weighted by molar-refractivity contribution is 7.18. The maximum Gasteiger partial charge on any atom is 0.242 e. The summed E-state index contributed by atoms with van der Waals surface area (Å²) in [6.45, 7) is 4.98. The lowest BCUT2D eigenvalue weighted by molar-refractivity contribution is -0.142. The van der Waals surface area contributed by atoms with Gasteiger partial charge in [0, 0.05) is 39.1 Å². The number of nitrogens with zero attached hydrogens (tertiary/aromatic N) is 4. The SMILES string of the molecule is O=C(CN1CCCCC1=O)N1CCN(Cc2nc3ccccc3s2)CC1. The van der Waals surface area contributed by atoms with Crippen molar-refractivity contribution in [2.75, 3.05) is 39.3 Å². The number of hydrogen-bond donors (Lipinski definition) is 0. The molecule has 2 fully saturated rings. The van der Waals surface area contributed by atoms with Crippen LogP contribution in [0, 0.1) is 0 Å². The zero-order valence-corrected chi connectivity index (χ0v) is 15.7. The fraction of sp³-hybridized carbons (Fsp3) is 0.526. The number of benzene rings is 1. The minimum atomic E-state index is 0.0832. The van der Waals surface area contributed by atoms with E-state index >= 15 is 0 Å². The van der Waals surface area contributed by atoms with E-state index in [4.69, 9.17) is 4.98 Å². The van der Waals surface area contributed by atoms with Gasteiger partial charge in [-0.1, -0.05) is 12.1 Å². The maximum atomic E-state index is 12.5. The Morgan fingerprint density at radius 2 is 1.88 bits per heavy atom. The van der Waals surface area contributed by atoms with E-state index < -0.39 is 0 Å². The van der Waals surface area contributed by atoms with E-state index in [2.05, 4.69) is 11.0 Å². The Labute approximate surface area is 157 Å². The topological polar surface area (TPSA) is 56.8 Å². The lowest BCUT2D eigenvalue weighted by Gasteiger charge is -2.36. The van der Waals surface area contributed by atoms with E-state index in [0.29, 0.717) is 6.42 Å². The molecule has 138 valence electrons. The lowest BCUT2D eigenvalue weighted by atomic mass is 10.1. The number of piperazine rings is 1. The van der Waals surface area contributed by atoms with Crippen molar-refractivity contribution in [3.05, 3.63) is 29.3 Å². The van der Waals surface area contributed by atoms with E-state index in [1.165, 1.54) is 4.70 Å². The van der Waals surface area contributed by atoms with Crippen molar-refractivity contribution < 1.29 is 9.59 Å². The van der Waals surface area contributed by atoms with Crippen LogP contribution in [0.25, 0.3) is 10.2 Å². The molecule has 26 heavy (non-hydrogen) atoms. The minimum Gasteiger partial charge on any atom is -0.339 e. The summed E-state index contributed by atoms with van der Waals surface area (Å²) >= 11 is 1.74. The number of para-hydroxylation sites is 1. The molecule has 0 N–H and O–H groups in total. The van der Waals surface area contributed by atoms with Crippen molar-refractivity contribution in [2.45, 2.75) is 25.8 Å². The van der Waals surface area contributed by atoms with Crippen LogP contribution in [0.1, 0.15) is 24.3 Å². The van der Waals surface area contributed by atoms with Crippen LogP contribution in [0.15, 0.2) is 24.3 Å². The Morgan fingerprint density at radius 3 is 2.65 bits per heavy atom. The van der Waals surface area contributed by atoms with Crippen LogP contribution in [-0.2, 0) is 16.1 Å². The van der Waals surface area contributed by atoms with Gasteiger partial charge in [0.15, 0.2) is 0 Å². The first-order chi connectivity index (χ1) is 12.7. The second-order valence-corrected chi connectivity index (χ2v) is 8.12. The molecule has 2 saturated heterocycles. The number of carbonyl (C=O) groups is 2. The Kier molecular flexibility index (Phi) is 5.17. The molecule has 0 radical (unpaired) electrons. The molecule has 0 unspecified atom stereocenters. The first-order valence-electron chi connectivity index (χ1n) is 9.31. The highest BCUT2D eigenvalue weighted by atomic mass is 32.1. The number of likely N-dealkylation sites (tertiary alicyclic amines) is 1. The highest BCUT2D eigenvalue weighted by Crippen LogP contribution is 2.23. The first-order valence-corrected chi connectivity index (χ1v) is 10.1. The van der Waals surface area contributed by atoms with Crippen LogP contribution in [0.5, 0.6) is 0 Å². The molecule has 2 aliphatic rings. The first kappa shape index (κ1) is 17.4. The molecule has 0 bridgehead atoms. The van der Waals surface area contributed by atoms with Crippen LogP contribution >= 0.6 is 11.3 Å². The average molecular weight is 372 g/mol. The summed E-state index contributed by atoms with van der Waals surface area (Å²) in [5.41, 5.74) is 1.06. The zero-order valence-electron chi connectivity index (χ0n) is 14.9. The molecule has 6 nitrogen and oxygen atoms in total. The fourth-order valence-corrected chi connectivity index (χ4v) is 4.64. The maximum absolute atomic E-state index is 12.5. The van der Waals surface area contributed by atoms with Gasteiger partial charge in [0.1, 0.15) is 5.01 Å². The summed E-state index contributed by atoms with van der Waals surface area (Å²) in [7, 11) is 0. The van der Waals surface area contributed by atoms with Crippen molar-refractivity contribution in [2.24, 2.45) is 0 Å². The number of fused-ring (bicyclic) bond motifs is 1. The quantitative estimate of drug-likeness (QED) is 0.823. The Bertz CT molecular complexity index is 765. The van der Waals surface area contributed by atoms with Crippen molar-refractivity contribution >= 4 is 33.4 Å². The van der Waals surface area contributed by atoms with Gasteiger partial charge >= 0.3 is 0 Å². The smallest absolute Gasteiger partial charge is 0.242 e. The molecule has 3 heterocycles. The number of aromatic nitrogens is 1. The van der Waals surface area contributed by atoms with Crippen molar-refractivity contribution in [1.82, 2.24) is 19.7 Å². The molecule has 1 aromatic carbocycles. The van der Waals surface area contributed by atoms with Crippen LogP contribution < -0.4 is 0 Å². The molecule has 0 atom stereocenters. The second kappa shape index (κ2) is 7.72. The van der Waals surface area contributed by atoms with Crippen LogP contribution in [0.3, 0.4) is 0 Å². The third kappa shape index (κ3) is 3.88. The molecule has 1 aromatic heterocycles. The third-order valence-electron chi connectivity index (χ3n) is 5.17. The molecule has 4 rings (SSSR count). The molecule has 0 saturated carbocycles. The average Bonchev–Trinajstić information content (AvgIpc) is 3.06. The summed E-state index contributed by atoms with van der Waals surface area (Å²) in [6.07, 6.45) is 2.55. The van der Waals surface area contributed by atoms with Gasteiger partial charge in [-0.15, -0.1) is 11.3 Å². The van der Waals surface area contributed by atoms with E-state index in [1.807, 2.05) is 23.1 Å². The van der Waals surface area contributed by atoms with Gasteiger partial charge < -0.3 is 9.80 Å². The molecule has 0 aliphatic carbocycles. The molecule has 0 spiro atoms. The van der Waals surface area contributed by atoms with E-state index in [1.54, 1.807) is 16.2 Å². The largest absolute Gasteiger partial charge is 0.339 e. The molecule has 7 heteroatoms. The van der Waals surface area contributed by atoms with Crippen molar-refractivity contribution in [1.29, 1.82) is 0 Å². The van der Waals surface area contributed by atoms with Crippen molar-refractivity contribution in [3.8, 4) is 0 Å². The van der Waals surface area contributed by atoms with Gasteiger partial charge in [0.2, 0.25) is 11.8 Å². The molecular weight excluding hydrogens is 348 g/mol. The van der Waals surface area contributed by atoms with Crippen LogP contribution in [-0.4, -0.2) is 70.8 Å². The standard InChI is InChI=1S/C19H24N4O2S/c24-18-7-3-4-8-23(18)14-19(25)22-11-9-21(10-12-22)13-17-20-15-5-1-2-6-16(15)26-17/h1-2,5-6H,3-4,7-14H2. The van der Waals surface area contributed by atoms with Crippen LogP contribution in [0.2, 0.25) is 0 Å². The number of piperidine rings is 1. The third-order valence-corrected chi connectivity index (χ3v) is 6.19. The van der Waals surface area contributed by atoms with E-state index in [9.17, 15) is 9.59 Å². The number of amides is 2. The van der Waals surface area contributed by atoms with Gasteiger partial charge in [0.05, 0.1) is 23.3 Å². The number of carbonyl (C=O) groups excluding carboxylic acids is 2. The number of hydrogen-bond acceptors (Lipinski definition) is 5. The number of thiazole rings is 1. The normalized spacial score (nSPS) is 19.3. The summed E-state index contributed by atoms with van der Waals surface area (Å²) in [5, 5.41) is 1.13. The van der Waals surface area contributed by atoms with Gasteiger partial charge in [-0.25, -0.2) is 4.98 Å². The molecule has 2 aliphatic heterocycles. The zero-order chi connectivity index (χ0) is 17.9. The molecule has 2 amide bonds. The Balaban J connectivity index is 1.28. The van der Waals surface area contributed by atoms with Gasteiger partial charge in [-0.05, 0) is 25.0 Å². The summed E-state index contributed by atoms with van der Waals surface area (Å²) in [4.78, 5) is 35.1. The predicted molar refractivity (Wildman–Crippen MR) is 102 cm³/mol. The summed E-state index contributed by atoms with van der Waals surface area (Å²) < 4.78 is 1.22. The van der Waals surface area contributed by atoms with Gasteiger partial charge in [-0.2, -0.15) is 0 Å². The van der Waals surface area contributed by atoms with Gasteiger partial charge in [0.25, 0.3) is 0 Å². The predicted octanol–water partition coefficient (Wildman–Crippen LogP) is 1.95. The monoisotopic (exact) mass is 372 g/mol. The van der Waals surface area contributed by atoms with Gasteiger partial charge in [-0.3, -0.25) is 14.5 Å². The lowest BCUT2D eigenvalue weighted by Crippen LogP contribution is -2.52. The fourth-order valence-electron chi connectivity index (χ4n) is 3.63. The molecule has 2 aromatic rings. The van der Waals surface area contributed by atoms with Crippen molar-refractivity contribution in [3.63, 3.8) is 0 Å². The van der Waals surface area contributed by atoms with Crippen LogP contribution in [0.4, 0.5) is 0 Å². The van der Waals surface area contributed by atoms with E-state index in [-0.39, 0.29) is 18.4 Å². The Morgan fingerprint density at radius 1 is 1.08 bits per heavy atom. The number of rotatable bonds is 4. The van der Waals surface area contributed by atoms with E-state index in [0.717, 1.165) is 62.6 Å². The summed E-state index contributed by atoms with van der Waals surface area (Å²) in [5.74, 6) is 0.207. The highest BCUT2D eigenvalue weighted by Gasteiger charge is 2.26. The minimum absolute atomic E-state index is 0.0832.